The number of rotatable bonds is 7. The van der Waals surface area contributed by atoms with Crippen molar-refractivity contribution in [3.8, 4) is 78.6 Å². The molecule has 0 unspecified atom stereocenters. The molecule has 2 heterocycles. The summed E-state index contributed by atoms with van der Waals surface area (Å²) < 4.78 is 26.4. The second-order valence-electron chi connectivity index (χ2n) is 20.4. The van der Waals surface area contributed by atoms with Gasteiger partial charge < -0.3 is 5.11 Å². The summed E-state index contributed by atoms with van der Waals surface area (Å²) >= 11 is 0. The highest BCUT2D eigenvalue weighted by molar-refractivity contribution is 5.98. The fourth-order valence-corrected chi connectivity index (χ4v) is 8.81. The topological polar surface area (TPSA) is 50.9 Å². The molecule has 1 N–H and O–H groups in total. The average Bonchev–Trinajstić information content (AvgIpc) is 3.70. The van der Waals surface area contributed by atoms with Gasteiger partial charge in [-0.05, 0) is 122 Å². The highest BCUT2D eigenvalue weighted by Gasteiger charge is 2.30. The maximum atomic E-state index is 12.6. The Morgan fingerprint density at radius 3 is 1.80 bits per heavy atom. The Kier molecular flexibility index (Phi) is 10.0. The van der Waals surface area contributed by atoms with E-state index < -0.39 is 6.85 Å². The molecule has 9 rings (SSSR count). The number of fused-ring (bicyclic) bond motifs is 1. The van der Waals surface area contributed by atoms with Crippen LogP contribution in [0.4, 0.5) is 0 Å². The van der Waals surface area contributed by atoms with Crippen molar-refractivity contribution >= 4 is 11.0 Å². The van der Waals surface area contributed by atoms with E-state index in [9.17, 15) is 5.11 Å². The van der Waals surface area contributed by atoms with E-state index in [1.54, 1.807) is 24.4 Å². The lowest BCUT2D eigenvalue weighted by Gasteiger charge is -2.28. The van der Waals surface area contributed by atoms with Crippen molar-refractivity contribution in [1.29, 1.82) is 0 Å². The molecule has 0 aliphatic rings. The number of aryl methyl sites for hydroxylation is 1. The van der Waals surface area contributed by atoms with Gasteiger partial charge in [0.25, 0.3) is 0 Å². The molecule has 4 nitrogen and oxygen atoms in total. The highest BCUT2D eigenvalue weighted by atomic mass is 16.3. The van der Waals surface area contributed by atoms with Crippen molar-refractivity contribution in [2.75, 3.05) is 0 Å². The molecule has 7 aromatic carbocycles. The van der Waals surface area contributed by atoms with E-state index >= 15 is 0 Å². The predicted octanol–water partition coefficient (Wildman–Crippen LogP) is 16.3. The van der Waals surface area contributed by atoms with Crippen LogP contribution in [0.2, 0.25) is 0 Å². The number of benzene rings is 7. The summed E-state index contributed by atoms with van der Waals surface area (Å²) in [5, 5.41) is 12.6. The molecule has 65 heavy (non-hydrogen) atoms. The molecular weight excluding hydrogens is 791 g/mol. The van der Waals surface area contributed by atoms with Gasteiger partial charge in [0.15, 0.2) is 0 Å². The van der Waals surface area contributed by atoms with E-state index in [0.29, 0.717) is 17.0 Å². The lowest BCUT2D eigenvalue weighted by atomic mass is 9.79. The third-order valence-electron chi connectivity index (χ3n) is 12.5. The molecular formula is C61H59N3O. The highest BCUT2D eigenvalue weighted by Crippen LogP contribution is 2.46. The van der Waals surface area contributed by atoms with Crippen LogP contribution in [0.1, 0.15) is 88.7 Å². The zero-order chi connectivity index (χ0) is 48.3. The number of pyridine rings is 1. The Morgan fingerprint density at radius 2 is 1.11 bits per heavy atom. The fraction of sp³-hybridized carbons (Fsp3) is 0.213. The number of aromatic nitrogens is 3. The normalized spacial score (nSPS) is 13.1. The number of imidazole rings is 1. The summed E-state index contributed by atoms with van der Waals surface area (Å²) in [6.45, 7) is 17.6. The van der Waals surface area contributed by atoms with E-state index in [1.807, 2.05) is 42.5 Å². The molecule has 0 aliphatic heterocycles. The van der Waals surface area contributed by atoms with Crippen LogP contribution in [0.3, 0.4) is 0 Å². The van der Waals surface area contributed by atoms with E-state index in [2.05, 4.69) is 170 Å². The Balaban J connectivity index is 1.35. The summed E-state index contributed by atoms with van der Waals surface area (Å²) in [5.74, 6) is 0.871. The maximum Gasteiger partial charge on any atom is 0.149 e. The first-order valence-corrected chi connectivity index (χ1v) is 22.5. The van der Waals surface area contributed by atoms with Crippen molar-refractivity contribution in [3.05, 3.63) is 192 Å². The lowest BCUT2D eigenvalue weighted by molar-refractivity contribution is 0.446. The quantitative estimate of drug-likeness (QED) is 0.174. The van der Waals surface area contributed by atoms with Gasteiger partial charge in [-0.3, -0.25) is 9.55 Å². The standard InChI is InChI=1S/C61H59N3O/c1-39-19-17-24-42(31-39)43-29-30-62-53(35-43)46-33-44(40-20-13-11-14-21-40)32-45(34-46)49-25-18-26-55-56(49)63-58(51-37-48(60(5,6)7)38-52(57(51)65)61(8,9)10)64(55)54-28-27-47(59(2,3)4)36-50(54)41-22-15-12-16-23-41/h11-38,65H,1-10H3/i1D3. The Bertz CT molecular complexity index is 3330. The first kappa shape index (κ1) is 39.5. The summed E-state index contributed by atoms with van der Waals surface area (Å²) in [5.41, 5.74) is 15.6. The molecule has 0 radical (unpaired) electrons. The molecule has 0 saturated heterocycles. The molecule has 0 saturated carbocycles. The van der Waals surface area contributed by atoms with Crippen LogP contribution in [0.25, 0.3) is 83.9 Å². The van der Waals surface area contributed by atoms with E-state index in [0.717, 1.165) is 83.6 Å². The van der Waals surface area contributed by atoms with Gasteiger partial charge >= 0.3 is 0 Å². The largest absolute Gasteiger partial charge is 0.507 e. The van der Waals surface area contributed by atoms with Crippen LogP contribution in [0, 0.1) is 6.85 Å². The number of para-hydroxylation sites is 1. The molecule has 4 heteroatoms. The van der Waals surface area contributed by atoms with Gasteiger partial charge in [-0.1, -0.05) is 177 Å². The molecule has 324 valence electrons. The first-order valence-electron chi connectivity index (χ1n) is 24.0. The van der Waals surface area contributed by atoms with E-state index in [4.69, 9.17) is 14.1 Å². The summed E-state index contributed by atoms with van der Waals surface area (Å²) in [6.07, 6.45) is 1.79. The molecule has 0 bridgehead atoms. The number of hydrogen-bond donors (Lipinski definition) is 1. The Morgan fingerprint density at radius 1 is 0.477 bits per heavy atom. The minimum absolute atomic E-state index is 0.104. The van der Waals surface area contributed by atoms with Crippen molar-refractivity contribution in [1.82, 2.24) is 14.5 Å². The molecule has 2 aromatic heterocycles. The fourth-order valence-electron chi connectivity index (χ4n) is 8.81. The van der Waals surface area contributed by atoms with Crippen molar-refractivity contribution < 1.29 is 9.22 Å². The van der Waals surface area contributed by atoms with Crippen molar-refractivity contribution in [2.24, 2.45) is 0 Å². The minimum Gasteiger partial charge on any atom is -0.507 e. The van der Waals surface area contributed by atoms with Gasteiger partial charge in [-0.25, -0.2) is 4.98 Å². The van der Waals surface area contributed by atoms with Gasteiger partial charge in [0.05, 0.1) is 28.0 Å². The van der Waals surface area contributed by atoms with Crippen LogP contribution < -0.4 is 0 Å². The second-order valence-corrected chi connectivity index (χ2v) is 20.4. The van der Waals surface area contributed by atoms with Crippen LogP contribution in [0.5, 0.6) is 5.75 Å². The van der Waals surface area contributed by atoms with Crippen LogP contribution in [0.15, 0.2) is 170 Å². The van der Waals surface area contributed by atoms with Crippen molar-refractivity contribution in [2.45, 2.75) is 85.4 Å². The van der Waals surface area contributed by atoms with Gasteiger partial charge in [0.2, 0.25) is 0 Å². The van der Waals surface area contributed by atoms with Gasteiger partial charge in [0.1, 0.15) is 11.6 Å². The second kappa shape index (κ2) is 16.5. The number of aromatic hydroxyl groups is 1. The predicted molar refractivity (Wildman–Crippen MR) is 274 cm³/mol. The molecule has 0 aliphatic carbocycles. The number of hydrogen-bond acceptors (Lipinski definition) is 3. The lowest BCUT2D eigenvalue weighted by Crippen LogP contribution is -2.17. The summed E-state index contributed by atoms with van der Waals surface area (Å²) in [6, 6.07) is 55.9. The average molecular weight is 853 g/mol. The molecule has 0 spiro atoms. The third kappa shape index (κ3) is 8.54. The summed E-state index contributed by atoms with van der Waals surface area (Å²) in [7, 11) is 0. The van der Waals surface area contributed by atoms with Crippen molar-refractivity contribution in [3.63, 3.8) is 0 Å². The first-order chi connectivity index (χ1) is 32.1. The van der Waals surface area contributed by atoms with Crippen LogP contribution >= 0.6 is 0 Å². The van der Waals surface area contributed by atoms with Gasteiger partial charge in [-0.2, -0.15) is 0 Å². The smallest absolute Gasteiger partial charge is 0.149 e. The number of phenolic OH excluding ortho intramolecular Hbond substituents is 1. The van der Waals surface area contributed by atoms with E-state index in [1.165, 1.54) is 5.56 Å². The van der Waals surface area contributed by atoms with Crippen LogP contribution in [-0.4, -0.2) is 19.6 Å². The Labute approximate surface area is 389 Å². The Hall–Kier alpha value is -7.04. The van der Waals surface area contributed by atoms with Gasteiger partial charge in [-0.15, -0.1) is 0 Å². The number of nitrogens with zero attached hydrogens (tertiary/aromatic N) is 3. The number of phenols is 1. The zero-order valence-corrected chi connectivity index (χ0v) is 39.0. The molecule has 0 amide bonds. The monoisotopic (exact) mass is 852 g/mol. The molecule has 9 aromatic rings. The van der Waals surface area contributed by atoms with E-state index in [-0.39, 0.29) is 22.0 Å². The molecule has 0 fully saturated rings. The third-order valence-corrected chi connectivity index (χ3v) is 12.5. The molecule has 0 atom stereocenters. The van der Waals surface area contributed by atoms with Crippen LogP contribution in [-0.2, 0) is 16.2 Å². The zero-order valence-electron chi connectivity index (χ0n) is 42.0. The minimum atomic E-state index is -2.22. The van der Waals surface area contributed by atoms with Gasteiger partial charge in [0, 0.05) is 32.6 Å². The maximum absolute atomic E-state index is 12.6. The SMILES string of the molecule is [2H]C([2H])([2H])c1cccc(-c2ccnc(-c3cc(-c4ccccc4)cc(-c4cccc5c4nc(-c4cc(C(C)(C)C)cc(C(C)(C)C)c4O)n5-c4ccc(C(C)(C)C)cc4-c4ccccc4)c3)c2)c1. The summed E-state index contributed by atoms with van der Waals surface area (Å²) in [4.78, 5) is 10.6.